The topological polar surface area (TPSA) is 81.4 Å². The van der Waals surface area contributed by atoms with E-state index in [0.717, 1.165) is 17.0 Å². The van der Waals surface area contributed by atoms with E-state index in [2.05, 4.69) is 25.3 Å². The predicted octanol–water partition coefficient (Wildman–Crippen LogP) is 4.48. The maximum Gasteiger partial charge on any atom is 0.573 e. The van der Waals surface area contributed by atoms with Crippen LogP contribution in [-0.2, 0) is 4.79 Å². The molecular formula is C18H12F3N5O2S2. The molecule has 0 saturated heterocycles. The van der Waals surface area contributed by atoms with E-state index in [-0.39, 0.29) is 17.4 Å². The summed E-state index contributed by atoms with van der Waals surface area (Å²) in [6.07, 6.45) is -4.76. The summed E-state index contributed by atoms with van der Waals surface area (Å²) < 4.78 is 42.0. The van der Waals surface area contributed by atoms with Crippen molar-refractivity contribution in [2.24, 2.45) is 0 Å². The van der Waals surface area contributed by atoms with Gasteiger partial charge in [0.05, 0.1) is 10.6 Å². The highest BCUT2D eigenvalue weighted by Crippen LogP contribution is 2.25. The van der Waals surface area contributed by atoms with Gasteiger partial charge in [0.2, 0.25) is 5.91 Å². The molecule has 0 aliphatic heterocycles. The van der Waals surface area contributed by atoms with Crippen LogP contribution in [0.3, 0.4) is 0 Å². The number of halogens is 3. The molecular weight excluding hydrogens is 439 g/mol. The Kier molecular flexibility index (Phi) is 5.59. The number of thiophene rings is 1. The Hall–Kier alpha value is -3.12. The van der Waals surface area contributed by atoms with Gasteiger partial charge in [0, 0.05) is 5.69 Å². The van der Waals surface area contributed by atoms with Crippen LogP contribution in [0, 0.1) is 0 Å². The summed E-state index contributed by atoms with van der Waals surface area (Å²) in [4.78, 5) is 13.1. The molecule has 154 valence electrons. The maximum atomic E-state index is 12.2. The van der Waals surface area contributed by atoms with Crippen molar-refractivity contribution in [3.8, 4) is 16.5 Å². The van der Waals surface area contributed by atoms with Crippen LogP contribution in [0.4, 0.5) is 18.9 Å². The highest BCUT2D eigenvalue weighted by molar-refractivity contribution is 7.99. The smallest absolute Gasteiger partial charge is 0.406 e. The Balaban J connectivity index is 1.38. The molecule has 3 heterocycles. The average molecular weight is 451 g/mol. The number of nitrogens with zero attached hydrogens (tertiary/aromatic N) is 4. The van der Waals surface area contributed by atoms with Gasteiger partial charge in [-0.1, -0.05) is 17.8 Å². The van der Waals surface area contributed by atoms with Gasteiger partial charge in [0.15, 0.2) is 11.5 Å². The van der Waals surface area contributed by atoms with Crippen molar-refractivity contribution < 1.29 is 22.7 Å². The van der Waals surface area contributed by atoms with E-state index in [4.69, 9.17) is 0 Å². The molecule has 0 spiro atoms. The van der Waals surface area contributed by atoms with Crippen LogP contribution in [0.5, 0.6) is 5.75 Å². The number of aromatic nitrogens is 4. The van der Waals surface area contributed by atoms with Crippen molar-refractivity contribution in [1.29, 1.82) is 0 Å². The van der Waals surface area contributed by atoms with Crippen molar-refractivity contribution >= 4 is 40.3 Å². The average Bonchev–Trinajstić information content (AvgIpc) is 3.36. The van der Waals surface area contributed by atoms with Crippen molar-refractivity contribution in [2.75, 3.05) is 11.1 Å². The normalized spacial score (nSPS) is 11.6. The van der Waals surface area contributed by atoms with Crippen LogP contribution in [-0.4, -0.2) is 37.8 Å². The number of nitrogens with one attached hydrogen (secondary N) is 1. The van der Waals surface area contributed by atoms with E-state index in [9.17, 15) is 18.0 Å². The number of carbonyl (C=O) groups excluding carboxylic acids is 1. The molecule has 0 aliphatic carbocycles. The van der Waals surface area contributed by atoms with Gasteiger partial charge < -0.3 is 10.1 Å². The number of amides is 1. The molecule has 0 radical (unpaired) electrons. The molecule has 7 nitrogen and oxygen atoms in total. The van der Waals surface area contributed by atoms with Crippen LogP contribution < -0.4 is 10.1 Å². The Morgan fingerprint density at radius 3 is 2.63 bits per heavy atom. The van der Waals surface area contributed by atoms with E-state index < -0.39 is 6.36 Å². The first-order valence-electron chi connectivity index (χ1n) is 8.42. The second kappa shape index (κ2) is 8.32. The standard InChI is InChI=1S/C18H12F3N5O2S2/c19-18(20,21)28-12-5-3-11(4-6-12)22-15(27)10-30-16-8-7-14-23-24-17(26(14)25-16)13-2-1-9-29-13/h1-9H,10H2,(H,22,27). The number of hydrogen-bond donors (Lipinski definition) is 1. The number of benzene rings is 1. The molecule has 0 fully saturated rings. The van der Waals surface area contributed by atoms with Gasteiger partial charge in [-0.15, -0.1) is 34.7 Å². The van der Waals surface area contributed by atoms with Crippen LogP contribution in [0.1, 0.15) is 0 Å². The van der Waals surface area contributed by atoms with E-state index >= 15 is 0 Å². The molecule has 3 aromatic heterocycles. The zero-order valence-corrected chi connectivity index (χ0v) is 16.6. The van der Waals surface area contributed by atoms with Crippen molar-refractivity contribution in [3.63, 3.8) is 0 Å². The molecule has 4 rings (SSSR count). The fourth-order valence-corrected chi connectivity index (χ4v) is 3.83. The Labute approximate surface area is 175 Å². The number of fused-ring (bicyclic) bond motifs is 1. The monoisotopic (exact) mass is 451 g/mol. The second-order valence-corrected chi connectivity index (χ2v) is 7.79. The molecule has 0 unspecified atom stereocenters. The summed E-state index contributed by atoms with van der Waals surface area (Å²) >= 11 is 2.73. The van der Waals surface area contributed by atoms with Crippen LogP contribution in [0.25, 0.3) is 16.3 Å². The summed E-state index contributed by atoms with van der Waals surface area (Å²) in [6.45, 7) is 0. The van der Waals surface area contributed by atoms with E-state index in [0.29, 0.717) is 22.2 Å². The second-order valence-electron chi connectivity index (χ2n) is 5.85. The third kappa shape index (κ3) is 4.89. The molecule has 0 aliphatic rings. The number of alkyl halides is 3. The number of anilines is 1. The summed E-state index contributed by atoms with van der Waals surface area (Å²) in [7, 11) is 0. The summed E-state index contributed by atoms with van der Waals surface area (Å²) in [5.41, 5.74) is 0.950. The van der Waals surface area contributed by atoms with Crippen molar-refractivity contribution in [1.82, 2.24) is 19.8 Å². The fourth-order valence-electron chi connectivity index (χ4n) is 2.48. The molecule has 12 heteroatoms. The minimum atomic E-state index is -4.76. The van der Waals surface area contributed by atoms with Gasteiger partial charge in [-0.25, -0.2) is 0 Å². The number of ether oxygens (including phenoxy) is 1. The number of carbonyl (C=O) groups is 1. The van der Waals surface area contributed by atoms with E-state index in [1.54, 1.807) is 16.6 Å². The lowest BCUT2D eigenvalue weighted by molar-refractivity contribution is -0.274. The third-order valence-corrected chi connectivity index (χ3v) is 5.49. The van der Waals surface area contributed by atoms with Crippen molar-refractivity contribution in [3.05, 3.63) is 53.9 Å². The zero-order chi connectivity index (χ0) is 21.1. The first-order valence-corrected chi connectivity index (χ1v) is 10.3. The third-order valence-electron chi connectivity index (χ3n) is 3.70. The first kappa shape index (κ1) is 20.2. The Bertz CT molecular complexity index is 1160. The van der Waals surface area contributed by atoms with Crippen LogP contribution >= 0.6 is 23.1 Å². The summed E-state index contributed by atoms with van der Waals surface area (Å²) in [6, 6.07) is 12.2. The fraction of sp³-hybridized carbons (Fsp3) is 0.111. The van der Waals surface area contributed by atoms with Gasteiger partial charge in [-0.3, -0.25) is 4.79 Å². The molecule has 30 heavy (non-hydrogen) atoms. The lowest BCUT2D eigenvalue weighted by atomic mass is 10.3. The predicted molar refractivity (Wildman–Crippen MR) is 107 cm³/mol. The molecule has 0 atom stereocenters. The molecule has 1 aromatic carbocycles. The SMILES string of the molecule is O=C(CSc1ccc2nnc(-c3cccs3)n2n1)Nc1ccc(OC(F)(F)F)cc1. The van der Waals surface area contributed by atoms with E-state index in [1.165, 1.54) is 35.2 Å². The first-order chi connectivity index (χ1) is 14.4. The van der Waals surface area contributed by atoms with Gasteiger partial charge >= 0.3 is 6.36 Å². The quantitative estimate of drug-likeness (QED) is 0.436. The highest BCUT2D eigenvalue weighted by Gasteiger charge is 2.30. The highest BCUT2D eigenvalue weighted by atomic mass is 32.2. The number of thioether (sulfide) groups is 1. The van der Waals surface area contributed by atoms with E-state index in [1.807, 2.05) is 17.5 Å². The molecule has 0 saturated carbocycles. The van der Waals surface area contributed by atoms with Crippen LogP contribution in [0.15, 0.2) is 58.9 Å². The molecule has 0 bridgehead atoms. The van der Waals surface area contributed by atoms with Gasteiger partial charge in [0.25, 0.3) is 0 Å². The molecule has 4 aromatic rings. The lowest BCUT2D eigenvalue weighted by Crippen LogP contribution is -2.17. The van der Waals surface area contributed by atoms with Crippen molar-refractivity contribution in [2.45, 2.75) is 11.4 Å². The Morgan fingerprint density at radius 1 is 1.13 bits per heavy atom. The minimum absolute atomic E-state index is 0.0652. The number of rotatable bonds is 6. The number of hydrogen-bond acceptors (Lipinski definition) is 7. The van der Waals surface area contributed by atoms with Gasteiger partial charge in [-0.05, 0) is 47.8 Å². The Morgan fingerprint density at radius 2 is 1.93 bits per heavy atom. The maximum absolute atomic E-state index is 12.2. The van der Waals surface area contributed by atoms with Crippen LogP contribution in [0.2, 0.25) is 0 Å². The minimum Gasteiger partial charge on any atom is -0.406 e. The summed E-state index contributed by atoms with van der Waals surface area (Å²) in [5, 5.41) is 17.9. The summed E-state index contributed by atoms with van der Waals surface area (Å²) in [5.74, 6) is 0.0000197. The molecule has 1 amide bonds. The van der Waals surface area contributed by atoms with Gasteiger partial charge in [0.1, 0.15) is 10.8 Å². The van der Waals surface area contributed by atoms with Gasteiger partial charge in [-0.2, -0.15) is 9.61 Å². The molecule has 1 N–H and O–H groups in total. The lowest BCUT2D eigenvalue weighted by Gasteiger charge is -2.10. The largest absolute Gasteiger partial charge is 0.573 e. The zero-order valence-electron chi connectivity index (χ0n) is 15.0.